The summed E-state index contributed by atoms with van der Waals surface area (Å²) < 4.78 is 5.75. The maximum absolute atomic E-state index is 12.0. The van der Waals surface area contributed by atoms with Gasteiger partial charge in [-0.25, -0.2) is 0 Å². The van der Waals surface area contributed by atoms with E-state index in [4.69, 9.17) is 4.74 Å². The SMILES string of the molecule is CCC1(OC(=O)CCCCNc2ccccc2)CCCC1. The molecule has 0 bridgehead atoms. The number of carbonyl (C=O) groups excluding carboxylic acids is 1. The van der Waals surface area contributed by atoms with Gasteiger partial charge in [0, 0.05) is 18.7 Å². The third-order valence-corrected chi connectivity index (χ3v) is 4.40. The third kappa shape index (κ3) is 5.07. The van der Waals surface area contributed by atoms with Crippen LogP contribution in [0.4, 0.5) is 5.69 Å². The molecule has 2 rings (SSSR count). The average Bonchev–Trinajstić information content (AvgIpc) is 2.97. The number of hydrogen-bond acceptors (Lipinski definition) is 3. The highest BCUT2D eigenvalue weighted by Gasteiger charge is 2.35. The molecule has 1 aliphatic carbocycles. The zero-order chi connectivity index (χ0) is 15.0. The summed E-state index contributed by atoms with van der Waals surface area (Å²) >= 11 is 0. The van der Waals surface area contributed by atoms with Crippen molar-refractivity contribution in [1.29, 1.82) is 0 Å². The van der Waals surface area contributed by atoms with Crippen molar-refractivity contribution >= 4 is 11.7 Å². The first-order valence-electron chi connectivity index (χ1n) is 8.25. The van der Waals surface area contributed by atoms with Crippen LogP contribution in [-0.2, 0) is 9.53 Å². The molecule has 3 nitrogen and oxygen atoms in total. The first-order chi connectivity index (χ1) is 10.2. The van der Waals surface area contributed by atoms with Crippen molar-refractivity contribution in [3.8, 4) is 0 Å². The van der Waals surface area contributed by atoms with Gasteiger partial charge < -0.3 is 10.1 Å². The minimum absolute atomic E-state index is 0.0153. The quantitative estimate of drug-likeness (QED) is 0.564. The van der Waals surface area contributed by atoms with Crippen molar-refractivity contribution in [2.45, 2.75) is 63.9 Å². The van der Waals surface area contributed by atoms with E-state index in [0.717, 1.165) is 44.3 Å². The van der Waals surface area contributed by atoms with Crippen LogP contribution in [-0.4, -0.2) is 18.1 Å². The maximum Gasteiger partial charge on any atom is 0.306 e. The van der Waals surface area contributed by atoms with E-state index in [9.17, 15) is 4.79 Å². The van der Waals surface area contributed by atoms with E-state index in [-0.39, 0.29) is 11.6 Å². The molecule has 21 heavy (non-hydrogen) atoms. The van der Waals surface area contributed by atoms with Gasteiger partial charge in [-0.2, -0.15) is 0 Å². The van der Waals surface area contributed by atoms with Gasteiger partial charge in [-0.3, -0.25) is 4.79 Å². The molecule has 0 atom stereocenters. The number of ether oxygens (including phenoxy) is 1. The topological polar surface area (TPSA) is 38.3 Å². The van der Waals surface area contributed by atoms with Crippen molar-refractivity contribution in [1.82, 2.24) is 0 Å². The van der Waals surface area contributed by atoms with Crippen molar-refractivity contribution in [3.63, 3.8) is 0 Å². The predicted octanol–water partition coefficient (Wildman–Crippen LogP) is 4.53. The zero-order valence-electron chi connectivity index (χ0n) is 13.1. The van der Waals surface area contributed by atoms with Gasteiger partial charge in [0.1, 0.15) is 5.60 Å². The Kier molecular flexibility index (Phi) is 6.09. The number of hydrogen-bond donors (Lipinski definition) is 1. The number of para-hydroxylation sites is 1. The fraction of sp³-hybridized carbons (Fsp3) is 0.611. The van der Waals surface area contributed by atoms with Crippen LogP contribution in [0.2, 0.25) is 0 Å². The van der Waals surface area contributed by atoms with Crippen molar-refractivity contribution in [2.75, 3.05) is 11.9 Å². The molecule has 1 saturated carbocycles. The van der Waals surface area contributed by atoms with Crippen LogP contribution in [0.25, 0.3) is 0 Å². The zero-order valence-corrected chi connectivity index (χ0v) is 13.1. The van der Waals surface area contributed by atoms with E-state index >= 15 is 0 Å². The minimum Gasteiger partial charge on any atom is -0.459 e. The molecular weight excluding hydrogens is 262 g/mol. The Morgan fingerprint density at radius 2 is 1.90 bits per heavy atom. The van der Waals surface area contributed by atoms with Crippen LogP contribution in [0.15, 0.2) is 30.3 Å². The van der Waals surface area contributed by atoms with Crippen LogP contribution >= 0.6 is 0 Å². The molecule has 1 aliphatic rings. The maximum atomic E-state index is 12.0. The minimum atomic E-state index is -0.140. The fourth-order valence-corrected chi connectivity index (χ4v) is 3.02. The molecule has 1 fully saturated rings. The van der Waals surface area contributed by atoms with Crippen LogP contribution < -0.4 is 5.32 Å². The summed E-state index contributed by atoms with van der Waals surface area (Å²) in [5.41, 5.74) is 0.996. The molecule has 0 heterocycles. The second-order valence-electron chi connectivity index (χ2n) is 5.97. The Bertz CT molecular complexity index is 424. The summed E-state index contributed by atoms with van der Waals surface area (Å²) in [6, 6.07) is 10.2. The summed E-state index contributed by atoms with van der Waals surface area (Å²) in [4.78, 5) is 12.0. The van der Waals surface area contributed by atoms with Crippen LogP contribution in [0, 0.1) is 0 Å². The highest BCUT2D eigenvalue weighted by atomic mass is 16.6. The van der Waals surface area contributed by atoms with E-state index in [1.807, 2.05) is 18.2 Å². The Labute approximate surface area is 128 Å². The van der Waals surface area contributed by atoms with Crippen LogP contribution in [0.1, 0.15) is 58.3 Å². The smallest absolute Gasteiger partial charge is 0.306 e. The van der Waals surface area contributed by atoms with Gasteiger partial charge in [-0.1, -0.05) is 25.1 Å². The fourth-order valence-electron chi connectivity index (χ4n) is 3.02. The summed E-state index contributed by atoms with van der Waals surface area (Å²) in [6.07, 6.45) is 7.86. The first-order valence-corrected chi connectivity index (χ1v) is 8.25. The van der Waals surface area contributed by atoms with E-state index < -0.39 is 0 Å². The molecule has 3 heteroatoms. The lowest BCUT2D eigenvalue weighted by atomic mass is 9.99. The summed E-state index contributed by atoms with van der Waals surface area (Å²) in [7, 11) is 0. The molecule has 0 unspecified atom stereocenters. The third-order valence-electron chi connectivity index (χ3n) is 4.40. The molecule has 116 valence electrons. The normalized spacial score (nSPS) is 16.6. The number of nitrogens with one attached hydrogen (secondary N) is 1. The Balaban J connectivity index is 1.59. The molecule has 0 amide bonds. The number of anilines is 1. The first kappa shape index (κ1) is 15.9. The van der Waals surface area contributed by atoms with E-state index in [1.54, 1.807) is 0 Å². The van der Waals surface area contributed by atoms with Gasteiger partial charge in [0.2, 0.25) is 0 Å². The van der Waals surface area contributed by atoms with Gasteiger partial charge in [0.15, 0.2) is 0 Å². The summed E-state index contributed by atoms with van der Waals surface area (Å²) in [5.74, 6) is -0.0153. The van der Waals surface area contributed by atoms with Gasteiger partial charge in [-0.05, 0) is 57.1 Å². The van der Waals surface area contributed by atoms with E-state index in [2.05, 4.69) is 24.4 Å². The van der Waals surface area contributed by atoms with Crippen molar-refractivity contribution in [2.24, 2.45) is 0 Å². The molecule has 0 spiro atoms. The highest BCUT2D eigenvalue weighted by molar-refractivity contribution is 5.69. The van der Waals surface area contributed by atoms with E-state index in [1.165, 1.54) is 12.8 Å². The van der Waals surface area contributed by atoms with E-state index in [0.29, 0.717) is 6.42 Å². The van der Waals surface area contributed by atoms with Crippen molar-refractivity contribution < 1.29 is 9.53 Å². The number of esters is 1. The summed E-state index contributed by atoms with van der Waals surface area (Å²) in [5, 5.41) is 3.36. The monoisotopic (exact) mass is 289 g/mol. The number of carbonyl (C=O) groups is 1. The largest absolute Gasteiger partial charge is 0.459 e. The standard InChI is InChI=1S/C18H27NO2/c1-2-18(13-7-8-14-18)21-17(20)12-6-9-15-19-16-10-4-3-5-11-16/h3-5,10-11,19H,2,6-9,12-15H2,1H3. The average molecular weight is 289 g/mol. The molecule has 1 aromatic carbocycles. The Hall–Kier alpha value is -1.51. The lowest BCUT2D eigenvalue weighted by Crippen LogP contribution is -2.31. The molecule has 1 aromatic rings. The van der Waals surface area contributed by atoms with Gasteiger partial charge in [-0.15, -0.1) is 0 Å². The van der Waals surface area contributed by atoms with Gasteiger partial charge >= 0.3 is 5.97 Å². The van der Waals surface area contributed by atoms with Gasteiger partial charge in [0.05, 0.1) is 0 Å². The lowest BCUT2D eigenvalue weighted by Gasteiger charge is -2.27. The number of benzene rings is 1. The second-order valence-corrected chi connectivity index (χ2v) is 5.97. The summed E-state index contributed by atoms with van der Waals surface area (Å²) in [6.45, 7) is 3.03. The van der Waals surface area contributed by atoms with Gasteiger partial charge in [0.25, 0.3) is 0 Å². The van der Waals surface area contributed by atoms with Crippen LogP contribution in [0.3, 0.4) is 0 Å². The molecule has 0 saturated heterocycles. The van der Waals surface area contributed by atoms with Crippen molar-refractivity contribution in [3.05, 3.63) is 30.3 Å². The molecule has 0 aromatic heterocycles. The highest BCUT2D eigenvalue weighted by Crippen LogP contribution is 2.36. The second kappa shape index (κ2) is 8.06. The molecule has 1 N–H and O–H groups in total. The number of rotatable bonds is 8. The molecular formula is C18H27NO2. The Morgan fingerprint density at radius 1 is 1.19 bits per heavy atom. The Morgan fingerprint density at radius 3 is 2.57 bits per heavy atom. The lowest BCUT2D eigenvalue weighted by molar-refractivity contribution is -0.159. The molecule has 0 radical (unpaired) electrons. The predicted molar refractivity (Wildman–Crippen MR) is 86.4 cm³/mol. The molecule has 0 aliphatic heterocycles. The number of unbranched alkanes of at least 4 members (excludes halogenated alkanes) is 1. The van der Waals surface area contributed by atoms with Crippen LogP contribution in [0.5, 0.6) is 0 Å².